The summed E-state index contributed by atoms with van der Waals surface area (Å²) >= 11 is 3.40. The molecule has 5 nitrogen and oxygen atoms in total. The fourth-order valence-corrected chi connectivity index (χ4v) is 4.88. The van der Waals surface area contributed by atoms with E-state index in [1.54, 1.807) is 6.07 Å². The Balaban J connectivity index is 1.81. The number of benzene rings is 2. The van der Waals surface area contributed by atoms with Crippen LogP contribution < -0.4 is 5.32 Å². The van der Waals surface area contributed by atoms with Crippen molar-refractivity contribution in [2.75, 3.05) is 11.9 Å². The van der Waals surface area contributed by atoms with E-state index in [2.05, 4.69) is 21.2 Å². The number of hydrogen-bond acceptors (Lipinski definition) is 3. The summed E-state index contributed by atoms with van der Waals surface area (Å²) in [6, 6.07) is 9.25. The summed E-state index contributed by atoms with van der Waals surface area (Å²) in [5.74, 6) is -0.875. The van der Waals surface area contributed by atoms with Gasteiger partial charge in [-0.05, 0) is 67.8 Å². The average molecular weight is 441 g/mol. The molecule has 0 aliphatic carbocycles. The highest BCUT2D eigenvalue weighted by molar-refractivity contribution is 9.10. The minimum absolute atomic E-state index is 0.0157. The molecule has 3 rings (SSSR count). The van der Waals surface area contributed by atoms with Gasteiger partial charge in [-0.2, -0.15) is 4.31 Å². The van der Waals surface area contributed by atoms with Crippen LogP contribution in [0.4, 0.5) is 10.1 Å². The molecule has 1 aliphatic rings. The fraction of sp³-hybridized carbons (Fsp3) is 0.278. The standard InChI is InChI=1S/C18H18BrFN2O3S/c1-12-11-14(6-9-16(12)19)21-18(23)17-3-2-10-22(17)26(24,25)15-7-4-13(20)5-8-15/h4-9,11,17H,2-3,10H2,1H3,(H,21,23). The first-order valence-electron chi connectivity index (χ1n) is 8.13. The molecule has 1 aliphatic heterocycles. The Morgan fingerprint density at radius 3 is 2.58 bits per heavy atom. The summed E-state index contributed by atoms with van der Waals surface area (Å²) in [4.78, 5) is 12.6. The number of anilines is 1. The molecule has 2 aromatic rings. The van der Waals surface area contributed by atoms with E-state index in [9.17, 15) is 17.6 Å². The van der Waals surface area contributed by atoms with Crippen molar-refractivity contribution in [1.29, 1.82) is 0 Å². The molecule has 8 heteroatoms. The molecule has 1 fully saturated rings. The van der Waals surface area contributed by atoms with E-state index in [0.717, 1.165) is 22.2 Å². The molecular weight excluding hydrogens is 423 g/mol. The van der Waals surface area contributed by atoms with Crippen LogP contribution in [0.15, 0.2) is 51.8 Å². The lowest BCUT2D eigenvalue weighted by molar-refractivity contribution is -0.119. The summed E-state index contributed by atoms with van der Waals surface area (Å²) in [7, 11) is -3.86. The van der Waals surface area contributed by atoms with E-state index in [0.29, 0.717) is 18.5 Å². The average Bonchev–Trinajstić information content (AvgIpc) is 3.09. The van der Waals surface area contributed by atoms with E-state index in [4.69, 9.17) is 0 Å². The lowest BCUT2D eigenvalue weighted by Crippen LogP contribution is -2.43. The van der Waals surface area contributed by atoms with Gasteiger partial charge in [0, 0.05) is 16.7 Å². The highest BCUT2D eigenvalue weighted by Gasteiger charge is 2.39. The maximum atomic E-state index is 13.1. The molecule has 0 aromatic heterocycles. The van der Waals surface area contributed by atoms with Crippen LogP contribution in [0.1, 0.15) is 18.4 Å². The number of sulfonamides is 1. The monoisotopic (exact) mass is 440 g/mol. The highest BCUT2D eigenvalue weighted by atomic mass is 79.9. The van der Waals surface area contributed by atoms with Gasteiger partial charge in [0.05, 0.1) is 4.90 Å². The number of carbonyl (C=O) groups excluding carboxylic acids is 1. The van der Waals surface area contributed by atoms with Crippen LogP contribution in [0, 0.1) is 12.7 Å². The van der Waals surface area contributed by atoms with E-state index in [-0.39, 0.29) is 17.3 Å². The smallest absolute Gasteiger partial charge is 0.243 e. The number of hydrogen-bond donors (Lipinski definition) is 1. The van der Waals surface area contributed by atoms with Crippen LogP contribution in [-0.4, -0.2) is 31.2 Å². The Hall–Kier alpha value is -1.77. The Morgan fingerprint density at radius 2 is 1.92 bits per heavy atom. The summed E-state index contributed by atoms with van der Waals surface area (Å²) < 4.78 is 40.9. The van der Waals surface area contributed by atoms with Crippen molar-refractivity contribution in [2.24, 2.45) is 0 Å². The van der Waals surface area contributed by atoms with Gasteiger partial charge in [0.15, 0.2) is 0 Å². The zero-order valence-corrected chi connectivity index (χ0v) is 16.5. The number of nitrogens with one attached hydrogen (secondary N) is 1. The molecule has 1 N–H and O–H groups in total. The van der Waals surface area contributed by atoms with Gasteiger partial charge in [-0.3, -0.25) is 4.79 Å². The zero-order chi connectivity index (χ0) is 18.9. The number of nitrogens with zero attached hydrogens (tertiary/aromatic N) is 1. The number of carbonyl (C=O) groups is 1. The van der Waals surface area contributed by atoms with Gasteiger partial charge in [-0.25, -0.2) is 12.8 Å². The van der Waals surface area contributed by atoms with Crippen molar-refractivity contribution in [3.63, 3.8) is 0 Å². The molecule has 1 unspecified atom stereocenters. The van der Waals surface area contributed by atoms with Gasteiger partial charge in [-0.1, -0.05) is 15.9 Å². The van der Waals surface area contributed by atoms with Crippen molar-refractivity contribution < 1.29 is 17.6 Å². The van der Waals surface area contributed by atoms with Crippen LogP contribution in [0.25, 0.3) is 0 Å². The molecule has 138 valence electrons. The molecule has 1 heterocycles. The first-order chi connectivity index (χ1) is 12.3. The molecule has 0 saturated carbocycles. The van der Waals surface area contributed by atoms with Crippen LogP contribution in [0.3, 0.4) is 0 Å². The van der Waals surface area contributed by atoms with Crippen molar-refractivity contribution in [3.8, 4) is 0 Å². The Kier molecular flexibility index (Phi) is 5.45. The van der Waals surface area contributed by atoms with Gasteiger partial charge < -0.3 is 5.32 Å². The Labute approximate surface area is 160 Å². The molecule has 2 aromatic carbocycles. The van der Waals surface area contributed by atoms with Gasteiger partial charge in [-0.15, -0.1) is 0 Å². The number of aryl methyl sites for hydroxylation is 1. The zero-order valence-electron chi connectivity index (χ0n) is 14.1. The summed E-state index contributed by atoms with van der Waals surface area (Å²) in [5, 5.41) is 2.79. The summed E-state index contributed by atoms with van der Waals surface area (Å²) in [5.41, 5.74) is 1.58. The van der Waals surface area contributed by atoms with Crippen LogP contribution in [0.5, 0.6) is 0 Å². The fourth-order valence-electron chi connectivity index (χ4n) is 2.98. The Bertz CT molecular complexity index is 932. The minimum Gasteiger partial charge on any atom is -0.325 e. The topological polar surface area (TPSA) is 66.5 Å². The van der Waals surface area contributed by atoms with Crippen molar-refractivity contribution in [1.82, 2.24) is 4.31 Å². The first kappa shape index (κ1) is 19.0. The molecule has 0 bridgehead atoms. The highest BCUT2D eigenvalue weighted by Crippen LogP contribution is 2.28. The van der Waals surface area contributed by atoms with Crippen molar-refractivity contribution in [3.05, 3.63) is 58.3 Å². The van der Waals surface area contributed by atoms with Crippen LogP contribution in [-0.2, 0) is 14.8 Å². The first-order valence-corrected chi connectivity index (χ1v) is 10.4. The second-order valence-corrected chi connectivity index (χ2v) is 8.93. The van der Waals surface area contributed by atoms with Gasteiger partial charge >= 0.3 is 0 Å². The van der Waals surface area contributed by atoms with Crippen LogP contribution >= 0.6 is 15.9 Å². The third-order valence-electron chi connectivity index (χ3n) is 4.35. The van der Waals surface area contributed by atoms with E-state index in [1.807, 2.05) is 19.1 Å². The van der Waals surface area contributed by atoms with Gasteiger partial charge in [0.25, 0.3) is 0 Å². The molecule has 1 amide bonds. The maximum Gasteiger partial charge on any atom is 0.243 e. The molecule has 1 saturated heterocycles. The van der Waals surface area contributed by atoms with E-state index < -0.39 is 21.9 Å². The van der Waals surface area contributed by atoms with Gasteiger partial charge in [0.2, 0.25) is 15.9 Å². The normalized spacial score (nSPS) is 18.0. The predicted octanol–water partition coefficient (Wildman–Crippen LogP) is 3.69. The molecular formula is C18H18BrFN2O3S. The van der Waals surface area contributed by atoms with Crippen molar-refractivity contribution >= 4 is 37.5 Å². The number of halogens is 2. The summed E-state index contributed by atoms with van der Waals surface area (Å²) in [6.07, 6.45) is 1.04. The van der Waals surface area contributed by atoms with Crippen LogP contribution in [0.2, 0.25) is 0 Å². The third-order valence-corrected chi connectivity index (χ3v) is 7.16. The minimum atomic E-state index is -3.86. The third kappa shape index (κ3) is 3.82. The van der Waals surface area contributed by atoms with E-state index >= 15 is 0 Å². The quantitative estimate of drug-likeness (QED) is 0.787. The van der Waals surface area contributed by atoms with Crippen molar-refractivity contribution in [2.45, 2.75) is 30.7 Å². The molecule has 1 atom stereocenters. The second kappa shape index (κ2) is 7.46. The molecule has 0 radical (unpaired) electrons. The predicted molar refractivity (Wildman–Crippen MR) is 101 cm³/mol. The number of amides is 1. The lowest BCUT2D eigenvalue weighted by atomic mass is 10.2. The molecule has 26 heavy (non-hydrogen) atoms. The Morgan fingerprint density at radius 1 is 1.23 bits per heavy atom. The van der Waals surface area contributed by atoms with E-state index in [1.165, 1.54) is 16.4 Å². The summed E-state index contributed by atoms with van der Waals surface area (Å²) in [6.45, 7) is 2.16. The number of rotatable bonds is 4. The molecule has 0 spiro atoms. The lowest BCUT2D eigenvalue weighted by Gasteiger charge is -2.23. The second-order valence-electron chi connectivity index (χ2n) is 6.18. The van der Waals surface area contributed by atoms with Gasteiger partial charge in [0.1, 0.15) is 11.9 Å². The SMILES string of the molecule is Cc1cc(NC(=O)C2CCCN2S(=O)(=O)c2ccc(F)cc2)ccc1Br. The largest absolute Gasteiger partial charge is 0.325 e. The maximum absolute atomic E-state index is 13.1.